The third-order valence-corrected chi connectivity index (χ3v) is 5.36. The third kappa shape index (κ3) is 6.24. The SMILES string of the molecule is CCC1CC(=N)C(Cn2cc(COC(=O)COc3ccc(Cl)cc3C)nn2)=CN=C1C. The Kier molecular flexibility index (Phi) is 7.57. The molecule has 1 N–H and O–H groups in total. The number of rotatable bonds is 8. The van der Waals surface area contributed by atoms with Crippen molar-refractivity contribution < 1.29 is 14.3 Å². The van der Waals surface area contributed by atoms with Gasteiger partial charge in [0.1, 0.15) is 18.1 Å². The lowest BCUT2D eigenvalue weighted by Gasteiger charge is -2.13. The molecule has 9 heteroatoms. The van der Waals surface area contributed by atoms with Crippen molar-refractivity contribution in [3.63, 3.8) is 0 Å². The molecule has 0 spiro atoms. The molecular formula is C22H26ClN5O3. The lowest BCUT2D eigenvalue weighted by Crippen LogP contribution is -2.16. The predicted molar refractivity (Wildman–Crippen MR) is 119 cm³/mol. The maximum atomic E-state index is 12.0. The highest BCUT2D eigenvalue weighted by Crippen LogP contribution is 2.22. The van der Waals surface area contributed by atoms with Crippen molar-refractivity contribution in [3.8, 4) is 5.75 Å². The van der Waals surface area contributed by atoms with Crippen LogP contribution < -0.4 is 4.74 Å². The van der Waals surface area contributed by atoms with E-state index in [-0.39, 0.29) is 13.2 Å². The van der Waals surface area contributed by atoms with E-state index in [2.05, 4.69) is 22.2 Å². The second kappa shape index (κ2) is 10.3. The molecule has 1 aliphatic rings. The average Bonchev–Trinajstić information content (AvgIpc) is 3.14. The van der Waals surface area contributed by atoms with Crippen LogP contribution in [0.5, 0.6) is 5.75 Å². The first-order valence-corrected chi connectivity index (χ1v) is 10.5. The molecule has 0 saturated heterocycles. The number of carbonyl (C=O) groups is 1. The normalized spacial score (nSPS) is 16.4. The van der Waals surface area contributed by atoms with Crippen LogP contribution in [0.25, 0.3) is 0 Å². The molecule has 3 rings (SSSR count). The summed E-state index contributed by atoms with van der Waals surface area (Å²) in [7, 11) is 0. The molecule has 1 aromatic heterocycles. The Hall–Kier alpha value is -3.00. The largest absolute Gasteiger partial charge is 0.482 e. The predicted octanol–water partition coefficient (Wildman–Crippen LogP) is 4.16. The summed E-state index contributed by atoms with van der Waals surface area (Å²) in [6.07, 6.45) is 5.07. The van der Waals surface area contributed by atoms with Crippen molar-refractivity contribution in [2.24, 2.45) is 10.9 Å². The molecular weight excluding hydrogens is 418 g/mol. The number of aliphatic imine (C=N–C) groups is 1. The Morgan fingerprint density at radius 2 is 2.16 bits per heavy atom. The first-order valence-electron chi connectivity index (χ1n) is 10.1. The molecule has 0 aliphatic carbocycles. The lowest BCUT2D eigenvalue weighted by atomic mass is 9.93. The zero-order chi connectivity index (χ0) is 22.4. The summed E-state index contributed by atoms with van der Waals surface area (Å²) in [4.78, 5) is 16.5. The van der Waals surface area contributed by atoms with E-state index in [1.165, 1.54) is 0 Å². The van der Waals surface area contributed by atoms with Crippen LogP contribution >= 0.6 is 11.6 Å². The minimum Gasteiger partial charge on any atom is -0.482 e. The Labute approximate surface area is 186 Å². The summed E-state index contributed by atoms with van der Waals surface area (Å²) >= 11 is 5.91. The van der Waals surface area contributed by atoms with Gasteiger partial charge in [0.25, 0.3) is 0 Å². The van der Waals surface area contributed by atoms with E-state index < -0.39 is 5.97 Å². The summed E-state index contributed by atoms with van der Waals surface area (Å²) < 4.78 is 12.3. The Morgan fingerprint density at radius 1 is 1.35 bits per heavy atom. The number of hydrogen-bond donors (Lipinski definition) is 1. The van der Waals surface area contributed by atoms with Crippen molar-refractivity contribution in [2.75, 3.05) is 6.61 Å². The number of ether oxygens (including phenoxy) is 2. The Bertz CT molecular complexity index is 1030. The van der Waals surface area contributed by atoms with Crippen LogP contribution in [0.15, 0.2) is 41.2 Å². The van der Waals surface area contributed by atoms with Gasteiger partial charge in [-0.1, -0.05) is 23.7 Å². The smallest absolute Gasteiger partial charge is 0.344 e. The fourth-order valence-corrected chi connectivity index (χ4v) is 3.45. The molecule has 2 aromatic rings. The molecule has 1 atom stereocenters. The molecule has 0 amide bonds. The molecule has 1 aliphatic heterocycles. The Morgan fingerprint density at radius 3 is 2.90 bits per heavy atom. The van der Waals surface area contributed by atoms with Gasteiger partial charge in [0.15, 0.2) is 6.61 Å². The van der Waals surface area contributed by atoms with Crippen LogP contribution in [-0.4, -0.2) is 39.0 Å². The number of nitrogens with zero attached hydrogens (tertiary/aromatic N) is 4. The highest BCUT2D eigenvalue weighted by atomic mass is 35.5. The van der Waals surface area contributed by atoms with Gasteiger partial charge in [-0.05, 0) is 50.5 Å². The van der Waals surface area contributed by atoms with Gasteiger partial charge in [0, 0.05) is 34.1 Å². The van der Waals surface area contributed by atoms with E-state index in [0.29, 0.717) is 41.1 Å². The summed E-state index contributed by atoms with van der Waals surface area (Å²) in [6.45, 7) is 6.13. The zero-order valence-electron chi connectivity index (χ0n) is 17.9. The second-order valence-corrected chi connectivity index (χ2v) is 7.92. The Balaban J connectivity index is 1.49. The summed E-state index contributed by atoms with van der Waals surface area (Å²) in [5.41, 5.74) is 3.76. The van der Waals surface area contributed by atoms with Gasteiger partial charge >= 0.3 is 5.97 Å². The molecule has 0 radical (unpaired) electrons. The van der Waals surface area contributed by atoms with Gasteiger partial charge in [-0.15, -0.1) is 5.10 Å². The quantitative estimate of drug-likeness (QED) is 0.617. The monoisotopic (exact) mass is 443 g/mol. The van der Waals surface area contributed by atoms with Gasteiger partial charge in [0.2, 0.25) is 0 Å². The average molecular weight is 444 g/mol. The van der Waals surface area contributed by atoms with Gasteiger partial charge in [0.05, 0.1) is 12.7 Å². The van der Waals surface area contributed by atoms with E-state index in [4.69, 9.17) is 26.5 Å². The third-order valence-electron chi connectivity index (χ3n) is 5.13. The zero-order valence-corrected chi connectivity index (χ0v) is 18.6. The van der Waals surface area contributed by atoms with E-state index >= 15 is 0 Å². The molecule has 2 heterocycles. The fraction of sp³-hybridized carbons (Fsp3) is 0.409. The lowest BCUT2D eigenvalue weighted by molar-refractivity contribution is -0.147. The molecule has 0 bridgehead atoms. The van der Waals surface area contributed by atoms with Crippen molar-refractivity contribution in [3.05, 3.63) is 52.4 Å². The molecule has 164 valence electrons. The molecule has 1 aromatic carbocycles. The number of aryl methyl sites for hydroxylation is 1. The van der Waals surface area contributed by atoms with Gasteiger partial charge in [-0.3, -0.25) is 4.99 Å². The number of hydrogen-bond acceptors (Lipinski definition) is 7. The van der Waals surface area contributed by atoms with Crippen LogP contribution in [0.3, 0.4) is 0 Å². The van der Waals surface area contributed by atoms with Crippen LogP contribution in [0.2, 0.25) is 5.02 Å². The van der Waals surface area contributed by atoms with Gasteiger partial charge in [-0.25, -0.2) is 9.48 Å². The van der Waals surface area contributed by atoms with Gasteiger partial charge < -0.3 is 14.9 Å². The molecule has 8 nitrogen and oxygen atoms in total. The van der Waals surface area contributed by atoms with Crippen LogP contribution in [0.1, 0.15) is 37.9 Å². The second-order valence-electron chi connectivity index (χ2n) is 7.48. The first kappa shape index (κ1) is 22.7. The number of carbonyl (C=O) groups excluding carboxylic acids is 1. The topological polar surface area (TPSA) is 102 Å². The number of esters is 1. The highest BCUT2D eigenvalue weighted by Gasteiger charge is 2.19. The van der Waals surface area contributed by atoms with E-state index in [9.17, 15) is 4.79 Å². The minimum atomic E-state index is -0.507. The molecule has 1 unspecified atom stereocenters. The first-order chi connectivity index (χ1) is 14.9. The highest BCUT2D eigenvalue weighted by molar-refractivity contribution is 6.30. The maximum absolute atomic E-state index is 12.0. The standard InChI is InChI=1S/C22H26ClN5O3/c1-4-16-8-20(24)17(9-25-15(16)3)10-28-11-19(26-27-28)12-31-22(29)13-30-21-6-5-18(23)7-14(21)2/h5-7,9,11,16,24H,4,8,10,12-13H2,1-3H3. The molecule has 0 fully saturated rings. The molecule has 31 heavy (non-hydrogen) atoms. The summed E-state index contributed by atoms with van der Waals surface area (Å²) in [6, 6.07) is 5.18. The van der Waals surface area contributed by atoms with Crippen molar-refractivity contribution in [2.45, 2.75) is 46.8 Å². The number of nitrogens with one attached hydrogen (secondary N) is 1. The summed E-state index contributed by atoms with van der Waals surface area (Å²) in [5.74, 6) is 0.369. The van der Waals surface area contributed by atoms with Crippen molar-refractivity contribution >= 4 is 29.0 Å². The summed E-state index contributed by atoms with van der Waals surface area (Å²) in [5, 5.41) is 17.1. The van der Waals surface area contributed by atoms with Crippen LogP contribution in [0.4, 0.5) is 0 Å². The van der Waals surface area contributed by atoms with E-state index in [1.807, 2.05) is 13.8 Å². The van der Waals surface area contributed by atoms with Crippen molar-refractivity contribution in [1.29, 1.82) is 5.41 Å². The number of benzene rings is 1. The maximum Gasteiger partial charge on any atom is 0.344 e. The van der Waals surface area contributed by atoms with Gasteiger partial charge in [-0.2, -0.15) is 0 Å². The fourth-order valence-electron chi connectivity index (χ4n) is 3.23. The number of halogens is 1. The van der Waals surface area contributed by atoms with Crippen molar-refractivity contribution in [1.82, 2.24) is 15.0 Å². The van der Waals surface area contributed by atoms with E-state index in [0.717, 1.165) is 23.3 Å². The van der Waals surface area contributed by atoms with Crippen LogP contribution in [0, 0.1) is 18.3 Å². The minimum absolute atomic E-state index is 0.00649. The number of aromatic nitrogens is 3. The van der Waals surface area contributed by atoms with Crippen LogP contribution in [-0.2, 0) is 22.7 Å². The molecule has 0 saturated carbocycles. The van der Waals surface area contributed by atoms with E-state index in [1.54, 1.807) is 35.3 Å². The number of allylic oxidation sites excluding steroid dienone is 1.